The van der Waals surface area contributed by atoms with Crippen LogP contribution in [-0.4, -0.2) is 63.8 Å². The summed E-state index contributed by atoms with van der Waals surface area (Å²) in [5.74, 6) is 1.16. The smallest absolute Gasteiger partial charge is 0.224 e. The maximum atomic E-state index is 12.8. The van der Waals surface area contributed by atoms with Gasteiger partial charge in [-0.1, -0.05) is 6.92 Å². The Hall–Kier alpha value is -3.99. The fraction of sp³-hybridized carbons (Fsp3) is 0.531. The normalized spacial score (nSPS) is 21.3. The standard InChI is InChI=1S/C32H43N7O3/c1-5-41-30-16-26-25(15-27(30)38-31(40)9-7-13-39(3)4)32(23(18-34)19-36-26)37-24-10-11-29(22(14-24)17-33)42-20-28-21(2)8-6-12-35-28/h10-11,14-16,21,23,28,32,35-37H,5-9,12-13,19-20H2,1-4H3,(H,38,40). The van der Waals surface area contributed by atoms with Crippen LogP contribution >= 0.6 is 0 Å². The Bertz CT molecular complexity index is 1320. The van der Waals surface area contributed by atoms with E-state index in [2.05, 4.69) is 40.3 Å². The van der Waals surface area contributed by atoms with Crippen molar-refractivity contribution in [2.24, 2.45) is 11.8 Å². The number of anilines is 3. The van der Waals surface area contributed by atoms with Crippen LogP contribution in [0.2, 0.25) is 0 Å². The van der Waals surface area contributed by atoms with Gasteiger partial charge in [0, 0.05) is 42.0 Å². The van der Waals surface area contributed by atoms with Gasteiger partial charge >= 0.3 is 0 Å². The van der Waals surface area contributed by atoms with Gasteiger partial charge in [0.05, 0.1) is 35.9 Å². The summed E-state index contributed by atoms with van der Waals surface area (Å²) in [5, 5.41) is 33.3. The quantitative estimate of drug-likeness (QED) is 0.284. The molecule has 2 heterocycles. The van der Waals surface area contributed by atoms with E-state index in [0.717, 1.165) is 30.8 Å². The zero-order valence-corrected chi connectivity index (χ0v) is 25.1. The van der Waals surface area contributed by atoms with Crippen molar-refractivity contribution in [2.45, 2.75) is 51.6 Å². The molecule has 0 aromatic heterocycles. The number of fused-ring (bicyclic) bond motifs is 1. The van der Waals surface area contributed by atoms with Crippen LogP contribution in [0.4, 0.5) is 17.1 Å². The van der Waals surface area contributed by atoms with Gasteiger partial charge in [-0.25, -0.2) is 0 Å². The van der Waals surface area contributed by atoms with Crippen LogP contribution in [0.1, 0.15) is 56.7 Å². The number of amides is 1. The van der Waals surface area contributed by atoms with Crippen molar-refractivity contribution in [1.82, 2.24) is 10.2 Å². The van der Waals surface area contributed by atoms with Crippen LogP contribution in [0, 0.1) is 34.5 Å². The molecule has 10 nitrogen and oxygen atoms in total. The highest BCUT2D eigenvalue weighted by Gasteiger charge is 2.31. The fourth-order valence-electron chi connectivity index (χ4n) is 5.53. The average Bonchev–Trinajstić information content (AvgIpc) is 2.97. The van der Waals surface area contributed by atoms with Crippen molar-refractivity contribution >= 4 is 23.0 Å². The second-order valence-electron chi connectivity index (χ2n) is 11.4. The summed E-state index contributed by atoms with van der Waals surface area (Å²) < 4.78 is 11.9. The predicted octanol–water partition coefficient (Wildman–Crippen LogP) is 4.72. The zero-order valence-electron chi connectivity index (χ0n) is 25.1. The summed E-state index contributed by atoms with van der Waals surface area (Å²) in [6.07, 6.45) is 3.47. The number of hydrogen-bond donors (Lipinski definition) is 4. The molecule has 0 aliphatic carbocycles. The molecule has 2 aromatic rings. The molecule has 4 unspecified atom stereocenters. The second kappa shape index (κ2) is 14.8. The van der Waals surface area contributed by atoms with Gasteiger partial charge in [0.25, 0.3) is 0 Å². The number of nitrogens with zero attached hydrogens (tertiary/aromatic N) is 3. The number of benzene rings is 2. The molecular weight excluding hydrogens is 530 g/mol. The van der Waals surface area contributed by atoms with Gasteiger partial charge in [-0.15, -0.1) is 0 Å². The lowest BCUT2D eigenvalue weighted by Crippen LogP contribution is -2.44. The maximum Gasteiger partial charge on any atom is 0.224 e. The number of nitriles is 2. The predicted molar refractivity (Wildman–Crippen MR) is 165 cm³/mol. The highest BCUT2D eigenvalue weighted by Crippen LogP contribution is 2.42. The third kappa shape index (κ3) is 7.84. The van der Waals surface area contributed by atoms with Gasteiger partial charge in [-0.2, -0.15) is 10.5 Å². The van der Waals surface area contributed by atoms with Crippen LogP contribution in [0.3, 0.4) is 0 Å². The summed E-state index contributed by atoms with van der Waals surface area (Å²) in [6, 6.07) is 13.8. The Labute approximate surface area is 249 Å². The molecule has 4 rings (SSSR count). The van der Waals surface area contributed by atoms with Crippen LogP contribution < -0.4 is 30.7 Å². The molecular formula is C32H43N7O3. The molecule has 2 aromatic carbocycles. The van der Waals surface area contributed by atoms with Gasteiger partial charge in [0.2, 0.25) is 5.91 Å². The summed E-state index contributed by atoms with van der Waals surface area (Å²) in [4.78, 5) is 14.8. The number of nitrogens with one attached hydrogen (secondary N) is 4. The molecule has 2 aliphatic heterocycles. The van der Waals surface area contributed by atoms with Crippen LogP contribution in [-0.2, 0) is 4.79 Å². The zero-order chi connectivity index (χ0) is 30.1. The Kier molecular flexibility index (Phi) is 10.9. The van der Waals surface area contributed by atoms with Crippen LogP contribution in [0.5, 0.6) is 11.5 Å². The van der Waals surface area contributed by atoms with E-state index in [4.69, 9.17) is 9.47 Å². The van der Waals surface area contributed by atoms with Gasteiger partial charge in [0.15, 0.2) is 0 Å². The van der Waals surface area contributed by atoms with Crippen molar-refractivity contribution in [3.8, 4) is 23.6 Å². The Morgan fingerprint density at radius 1 is 1.17 bits per heavy atom. The highest BCUT2D eigenvalue weighted by atomic mass is 16.5. The van der Waals surface area contributed by atoms with E-state index >= 15 is 0 Å². The molecule has 0 spiro atoms. The van der Waals surface area contributed by atoms with Gasteiger partial charge in [0.1, 0.15) is 24.2 Å². The first-order chi connectivity index (χ1) is 20.3. The molecule has 1 amide bonds. The molecule has 4 N–H and O–H groups in total. The molecule has 2 aliphatic rings. The van der Waals surface area contributed by atoms with Crippen molar-refractivity contribution in [3.05, 3.63) is 41.5 Å². The van der Waals surface area contributed by atoms with Crippen molar-refractivity contribution in [1.29, 1.82) is 10.5 Å². The first-order valence-electron chi connectivity index (χ1n) is 14.9. The molecule has 0 bridgehead atoms. The molecule has 224 valence electrons. The lowest BCUT2D eigenvalue weighted by Gasteiger charge is -2.33. The fourth-order valence-corrected chi connectivity index (χ4v) is 5.53. The van der Waals surface area contributed by atoms with E-state index < -0.39 is 0 Å². The topological polar surface area (TPSA) is 134 Å². The molecule has 42 heavy (non-hydrogen) atoms. The number of carbonyl (C=O) groups is 1. The number of piperidine rings is 1. The lowest BCUT2D eigenvalue weighted by atomic mass is 9.88. The van der Waals surface area contributed by atoms with E-state index in [1.807, 2.05) is 50.2 Å². The van der Waals surface area contributed by atoms with Gasteiger partial charge < -0.3 is 35.6 Å². The van der Waals surface area contributed by atoms with Crippen LogP contribution in [0.15, 0.2) is 30.3 Å². The number of hydrogen-bond acceptors (Lipinski definition) is 9. The van der Waals surface area contributed by atoms with E-state index in [-0.39, 0.29) is 23.9 Å². The largest absolute Gasteiger partial charge is 0.492 e. The summed E-state index contributed by atoms with van der Waals surface area (Å²) in [6.45, 7) is 7.33. The summed E-state index contributed by atoms with van der Waals surface area (Å²) >= 11 is 0. The van der Waals surface area contributed by atoms with Crippen molar-refractivity contribution in [3.63, 3.8) is 0 Å². The van der Waals surface area contributed by atoms with E-state index in [1.165, 1.54) is 12.8 Å². The first kappa shape index (κ1) is 31.0. The molecule has 0 radical (unpaired) electrons. The van der Waals surface area contributed by atoms with E-state index in [9.17, 15) is 15.3 Å². The molecule has 0 saturated carbocycles. The van der Waals surface area contributed by atoms with Gasteiger partial charge in [-0.3, -0.25) is 4.79 Å². The Morgan fingerprint density at radius 3 is 2.71 bits per heavy atom. The Morgan fingerprint density at radius 2 is 2.00 bits per heavy atom. The average molecular weight is 574 g/mol. The first-order valence-corrected chi connectivity index (χ1v) is 14.9. The highest BCUT2D eigenvalue weighted by molar-refractivity contribution is 5.93. The maximum absolute atomic E-state index is 12.8. The molecule has 10 heteroatoms. The van der Waals surface area contributed by atoms with E-state index in [0.29, 0.717) is 60.5 Å². The number of ether oxygens (including phenoxy) is 2. The summed E-state index contributed by atoms with van der Waals surface area (Å²) in [5.41, 5.74) is 3.40. The molecule has 1 fully saturated rings. The van der Waals surface area contributed by atoms with Crippen molar-refractivity contribution in [2.75, 3.05) is 62.9 Å². The van der Waals surface area contributed by atoms with Crippen LogP contribution in [0.25, 0.3) is 0 Å². The second-order valence-corrected chi connectivity index (χ2v) is 11.4. The van der Waals surface area contributed by atoms with Gasteiger partial charge in [-0.05, 0) is 83.6 Å². The molecule has 4 atom stereocenters. The van der Waals surface area contributed by atoms with E-state index in [1.54, 1.807) is 6.07 Å². The third-order valence-electron chi connectivity index (χ3n) is 7.92. The van der Waals surface area contributed by atoms with Crippen molar-refractivity contribution < 1.29 is 14.3 Å². The third-order valence-corrected chi connectivity index (χ3v) is 7.92. The lowest BCUT2D eigenvalue weighted by molar-refractivity contribution is -0.116. The minimum Gasteiger partial charge on any atom is -0.492 e. The SMILES string of the molecule is CCOc1cc2c(cc1NC(=O)CCCN(C)C)C(Nc1ccc(OCC3NCCCC3C)c(C#N)c1)C(C#N)CN2. The monoisotopic (exact) mass is 573 g/mol. The summed E-state index contributed by atoms with van der Waals surface area (Å²) in [7, 11) is 3.96. The molecule has 1 saturated heterocycles. The number of rotatable bonds is 12. The Balaban J connectivity index is 1.55. The minimum atomic E-state index is -0.389. The minimum absolute atomic E-state index is 0.0880. The number of carbonyl (C=O) groups excluding carboxylic acids is 1.